The molecule has 2 aromatic carbocycles. The van der Waals surface area contributed by atoms with Gasteiger partial charge in [-0.15, -0.1) is 11.3 Å². The van der Waals surface area contributed by atoms with Crippen molar-refractivity contribution in [1.29, 1.82) is 0 Å². The van der Waals surface area contributed by atoms with E-state index >= 15 is 0 Å². The third-order valence-corrected chi connectivity index (χ3v) is 4.93. The Hall–Kier alpha value is -2.20. The van der Waals surface area contributed by atoms with Gasteiger partial charge in [0.1, 0.15) is 5.75 Å². The summed E-state index contributed by atoms with van der Waals surface area (Å²) in [4.78, 5) is 0. The molecule has 2 heterocycles. The molecule has 0 spiro atoms. The second-order valence-electron chi connectivity index (χ2n) is 5.04. The summed E-state index contributed by atoms with van der Waals surface area (Å²) in [6, 6.07) is 11.9. The molecular formula is C16H14N2OS. The number of phenolic OH excluding ortho intramolecular Hbond substituents is 1. The van der Waals surface area contributed by atoms with Crippen molar-refractivity contribution in [2.45, 2.75) is 13.5 Å². The number of fused-ring (bicyclic) bond motifs is 4. The minimum absolute atomic E-state index is 0.360. The number of rotatable bonds is 0. The SMILES string of the molecule is Cc1ccc(O)c2sc3c(c12)CNc1ccccc1N3. The maximum Gasteiger partial charge on any atom is 0.133 e. The first-order chi connectivity index (χ1) is 9.74. The normalized spacial score (nSPS) is 13.1. The lowest BCUT2D eigenvalue weighted by Gasteiger charge is -2.07. The average Bonchev–Trinajstić information content (AvgIpc) is 2.72. The largest absolute Gasteiger partial charge is 0.506 e. The monoisotopic (exact) mass is 282 g/mol. The molecule has 0 unspecified atom stereocenters. The summed E-state index contributed by atoms with van der Waals surface area (Å²) in [7, 11) is 0. The van der Waals surface area contributed by atoms with Gasteiger partial charge in [0.2, 0.25) is 0 Å². The van der Waals surface area contributed by atoms with E-state index in [0.29, 0.717) is 5.75 Å². The summed E-state index contributed by atoms with van der Waals surface area (Å²) in [6.45, 7) is 2.86. The van der Waals surface area contributed by atoms with Gasteiger partial charge in [-0.25, -0.2) is 0 Å². The Morgan fingerprint density at radius 1 is 1.10 bits per heavy atom. The van der Waals surface area contributed by atoms with Gasteiger partial charge in [0.25, 0.3) is 0 Å². The molecule has 0 fully saturated rings. The lowest BCUT2D eigenvalue weighted by atomic mass is 10.1. The second kappa shape index (κ2) is 4.15. The molecule has 0 bridgehead atoms. The van der Waals surface area contributed by atoms with Crippen molar-refractivity contribution in [3.63, 3.8) is 0 Å². The number of anilines is 3. The number of benzene rings is 2. The molecule has 0 saturated carbocycles. The van der Waals surface area contributed by atoms with Crippen LogP contribution < -0.4 is 10.6 Å². The first kappa shape index (κ1) is 11.6. The number of aromatic hydroxyl groups is 1. The quantitative estimate of drug-likeness (QED) is 0.565. The molecule has 1 aromatic heterocycles. The Morgan fingerprint density at radius 2 is 1.90 bits per heavy atom. The maximum absolute atomic E-state index is 10.1. The molecule has 4 rings (SSSR count). The Bertz CT molecular complexity index is 823. The molecule has 20 heavy (non-hydrogen) atoms. The Balaban J connectivity index is 1.97. The third kappa shape index (κ3) is 1.58. The van der Waals surface area contributed by atoms with E-state index in [9.17, 15) is 5.11 Å². The fourth-order valence-corrected chi connectivity index (χ4v) is 3.97. The van der Waals surface area contributed by atoms with Crippen molar-refractivity contribution >= 4 is 37.8 Å². The van der Waals surface area contributed by atoms with Crippen LogP contribution in [0.3, 0.4) is 0 Å². The van der Waals surface area contributed by atoms with Crippen molar-refractivity contribution in [2.75, 3.05) is 10.6 Å². The maximum atomic E-state index is 10.1. The molecule has 3 N–H and O–H groups in total. The van der Waals surface area contributed by atoms with Crippen molar-refractivity contribution < 1.29 is 5.11 Å². The van der Waals surface area contributed by atoms with Gasteiger partial charge >= 0.3 is 0 Å². The Kier molecular flexibility index (Phi) is 2.41. The first-order valence-electron chi connectivity index (χ1n) is 6.58. The van der Waals surface area contributed by atoms with E-state index in [0.717, 1.165) is 33.0 Å². The number of para-hydroxylation sites is 2. The molecular weight excluding hydrogens is 268 g/mol. The fourth-order valence-electron chi connectivity index (χ4n) is 2.75. The van der Waals surface area contributed by atoms with Crippen LogP contribution in [-0.2, 0) is 6.54 Å². The second-order valence-corrected chi connectivity index (χ2v) is 6.06. The van der Waals surface area contributed by atoms with Crippen LogP contribution in [0.5, 0.6) is 5.75 Å². The summed E-state index contributed by atoms with van der Waals surface area (Å²) in [5, 5.41) is 19.3. The van der Waals surface area contributed by atoms with Gasteiger partial charge < -0.3 is 15.7 Å². The highest BCUT2D eigenvalue weighted by atomic mass is 32.1. The van der Waals surface area contributed by atoms with E-state index in [4.69, 9.17) is 0 Å². The summed E-state index contributed by atoms with van der Waals surface area (Å²) in [5.41, 5.74) is 4.62. The summed E-state index contributed by atoms with van der Waals surface area (Å²) in [6.07, 6.45) is 0. The van der Waals surface area contributed by atoms with Crippen molar-refractivity contribution in [2.24, 2.45) is 0 Å². The number of aryl methyl sites for hydroxylation is 1. The van der Waals surface area contributed by atoms with E-state index in [-0.39, 0.29) is 0 Å². The molecule has 3 aromatic rings. The van der Waals surface area contributed by atoms with Crippen molar-refractivity contribution in [3.8, 4) is 5.75 Å². The Labute approximate surface area is 120 Å². The van der Waals surface area contributed by atoms with E-state index in [1.807, 2.05) is 18.2 Å². The highest BCUT2D eigenvalue weighted by molar-refractivity contribution is 7.23. The van der Waals surface area contributed by atoms with Gasteiger partial charge in [0, 0.05) is 17.5 Å². The molecule has 1 aliphatic rings. The van der Waals surface area contributed by atoms with E-state index < -0.39 is 0 Å². The smallest absolute Gasteiger partial charge is 0.133 e. The fraction of sp³-hybridized carbons (Fsp3) is 0.125. The van der Waals surface area contributed by atoms with Gasteiger partial charge in [-0.2, -0.15) is 0 Å². The minimum atomic E-state index is 0.360. The zero-order valence-electron chi connectivity index (χ0n) is 11.0. The molecule has 0 radical (unpaired) electrons. The number of nitrogens with one attached hydrogen (secondary N) is 2. The Morgan fingerprint density at radius 3 is 2.75 bits per heavy atom. The topological polar surface area (TPSA) is 44.3 Å². The predicted molar refractivity (Wildman–Crippen MR) is 85.3 cm³/mol. The minimum Gasteiger partial charge on any atom is -0.506 e. The highest BCUT2D eigenvalue weighted by Crippen LogP contribution is 2.45. The molecule has 1 aliphatic heterocycles. The van der Waals surface area contributed by atoms with Crippen LogP contribution in [0, 0.1) is 6.92 Å². The van der Waals surface area contributed by atoms with Gasteiger partial charge in [-0.3, -0.25) is 0 Å². The van der Waals surface area contributed by atoms with Crippen LogP contribution in [0.15, 0.2) is 36.4 Å². The predicted octanol–water partition coefficient (Wildman–Crippen LogP) is 4.58. The number of hydrogen-bond acceptors (Lipinski definition) is 4. The molecule has 0 saturated heterocycles. The molecule has 100 valence electrons. The lowest BCUT2D eigenvalue weighted by molar-refractivity contribution is 0.482. The number of thiophene rings is 1. The van der Waals surface area contributed by atoms with Crippen LogP contribution in [0.4, 0.5) is 16.4 Å². The molecule has 0 aliphatic carbocycles. The van der Waals surface area contributed by atoms with Crippen LogP contribution in [0.2, 0.25) is 0 Å². The summed E-state index contributed by atoms with van der Waals surface area (Å²) in [5.74, 6) is 0.360. The standard InChI is InChI=1S/C16H14N2OS/c1-9-6-7-13(19)15-14(9)10-8-17-11-4-2-3-5-12(11)18-16(10)20-15/h2-7,17-19H,8H2,1H3. The third-order valence-electron chi connectivity index (χ3n) is 3.76. The van der Waals surface area contributed by atoms with Gasteiger partial charge in [-0.05, 0) is 30.7 Å². The number of phenols is 1. The first-order valence-corrected chi connectivity index (χ1v) is 7.39. The van der Waals surface area contributed by atoms with Crippen LogP contribution in [0.25, 0.3) is 10.1 Å². The van der Waals surface area contributed by atoms with Gasteiger partial charge in [-0.1, -0.05) is 18.2 Å². The van der Waals surface area contributed by atoms with E-state index in [1.54, 1.807) is 17.4 Å². The summed E-state index contributed by atoms with van der Waals surface area (Å²) >= 11 is 1.62. The highest BCUT2D eigenvalue weighted by Gasteiger charge is 2.19. The van der Waals surface area contributed by atoms with Gasteiger partial charge in [0.15, 0.2) is 0 Å². The average molecular weight is 282 g/mol. The van der Waals surface area contributed by atoms with E-state index in [2.05, 4.69) is 29.7 Å². The zero-order chi connectivity index (χ0) is 13.7. The molecule has 3 nitrogen and oxygen atoms in total. The van der Waals surface area contributed by atoms with Crippen molar-refractivity contribution in [1.82, 2.24) is 0 Å². The number of hydrogen-bond donors (Lipinski definition) is 3. The molecule has 0 atom stereocenters. The molecule has 4 heteroatoms. The van der Waals surface area contributed by atoms with Crippen LogP contribution in [0.1, 0.15) is 11.1 Å². The van der Waals surface area contributed by atoms with E-state index in [1.165, 1.54) is 11.1 Å². The zero-order valence-corrected chi connectivity index (χ0v) is 11.8. The molecule has 0 amide bonds. The van der Waals surface area contributed by atoms with Crippen molar-refractivity contribution in [3.05, 3.63) is 47.5 Å². The van der Waals surface area contributed by atoms with Crippen LogP contribution in [-0.4, -0.2) is 5.11 Å². The van der Waals surface area contributed by atoms with Gasteiger partial charge in [0.05, 0.1) is 21.1 Å². The summed E-state index contributed by atoms with van der Waals surface area (Å²) < 4.78 is 0.962. The lowest BCUT2D eigenvalue weighted by Crippen LogP contribution is -1.97. The van der Waals surface area contributed by atoms with Crippen LogP contribution >= 0.6 is 11.3 Å².